The number of Topliss-reactive ketones (excluding diaryl/α,β-unsaturated/α-hetero) is 1. The first-order valence-corrected chi connectivity index (χ1v) is 9.76. The summed E-state index contributed by atoms with van der Waals surface area (Å²) < 4.78 is 1.77. The number of nitrogens with zero attached hydrogens (tertiary/aromatic N) is 4. The first kappa shape index (κ1) is 18.6. The van der Waals surface area contributed by atoms with E-state index in [2.05, 4.69) is 15.3 Å². The Labute approximate surface area is 177 Å². The van der Waals surface area contributed by atoms with Crippen LogP contribution in [0.5, 0.6) is 0 Å². The largest absolute Gasteiger partial charge is 0.322 e. The summed E-state index contributed by atoms with van der Waals surface area (Å²) in [6.45, 7) is 0. The van der Waals surface area contributed by atoms with Gasteiger partial charge in [0.05, 0.1) is 17.0 Å². The Morgan fingerprint density at radius 1 is 1.00 bits per heavy atom. The molecule has 5 rings (SSSR count). The number of rotatable bonds is 4. The van der Waals surface area contributed by atoms with Crippen LogP contribution in [-0.4, -0.2) is 31.3 Å². The van der Waals surface area contributed by atoms with Crippen molar-refractivity contribution in [3.63, 3.8) is 0 Å². The zero-order valence-electron chi connectivity index (χ0n) is 16.4. The third-order valence-electron chi connectivity index (χ3n) is 5.00. The summed E-state index contributed by atoms with van der Waals surface area (Å²) >= 11 is 0. The minimum absolute atomic E-state index is 0.160. The fourth-order valence-electron chi connectivity index (χ4n) is 3.48. The molecule has 1 amide bonds. The molecule has 0 radical (unpaired) electrons. The summed E-state index contributed by atoms with van der Waals surface area (Å²) in [5.74, 6) is -0.599. The fourth-order valence-corrected chi connectivity index (χ4v) is 3.48. The van der Waals surface area contributed by atoms with Gasteiger partial charge in [-0.3, -0.25) is 14.6 Å². The molecule has 7 nitrogen and oxygen atoms in total. The van der Waals surface area contributed by atoms with Gasteiger partial charge in [0.2, 0.25) is 0 Å². The van der Waals surface area contributed by atoms with Crippen LogP contribution in [0.25, 0.3) is 28.2 Å². The molecule has 3 heterocycles. The van der Waals surface area contributed by atoms with Crippen LogP contribution in [-0.2, 0) is 9.59 Å². The van der Waals surface area contributed by atoms with Gasteiger partial charge in [0.15, 0.2) is 11.4 Å². The molecule has 0 saturated carbocycles. The average Bonchev–Trinajstić information content (AvgIpc) is 3.25. The van der Waals surface area contributed by atoms with Crippen molar-refractivity contribution in [2.24, 2.45) is 0 Å². The van der Waals surface area contributed by atoms with Crippen molar-refractivity contribution >= 4 is 23.0 Å². The highest BCUT2D eigenvalue weighted by molar-refractivity contribution is 6.24. The van der Waals surface area contributed by atoms with Crippen LogP contribution in [0.15, 0.2) is 90.9 Å². The van der Waals surface area contributed by atoms with Gasteiger partial charge in [0, 0.05) is 47.9 Å². The van der Waals surface area contributed by atoms with Crippen LogP contribution in [0.2, 0.25) is 0 Å². The zero-order valence-corrected chi connectivity index (χ0v) is 16.4. The number of carbonyl (C=O) groups is 2. The molecule has 0 spiro atoms. The van der Waals surface area contributed by atoms with Crippen molar-refractivity contribution in [1.82, 2.24) is 19.6 Å². The molecule has 1 aliphatic rings. The first-order valence-electron chi connectivity index (χ1n) is 9.76. The summed E-state index contributed by atoms with van der Waals surface area (Å²) in [4.78, 5) is 33.0. The van der Waals surface area contributed by atoms with Gasteiger partial charge in [0.1, 0.15) is 0 Å². The molecule has 0 fully saturated rings. The Balaban J connectivity index is 1.49. The van der Waals surface area contributed by atoms with Gasteiger partial charge in [-0.05, 0) is 36.4 Å². The molecule has 1 aromatic carbocycles. The summed E-state index contributed by atoms with van der Waals surface area (Å²) in [6, 6.07) is 15.0. The van der Waals surface area contributed by atoms with Gasteiger partial charge >= 0.3 is 0 Å². The third-order valence-corrected chi connectivity index (χ3v) is 5.00. The molecular formula is C24H17N5O2. The van der Waals surface area contributed by atoms with Crippen LogP contribution in [0.3, 0.4) is 0 Å². The monoisotopic (exact) mass is 407 g/mol. The zero-order chi connectivity index (χ0) is 21.2. The second-order valence-electron chi connectivity index (χ2n) is 7.04. The van der Waals surface area contributed by atoms with E-state index in [1.165, 1.54) is 0 Å². The van der Waals surface area contributed by atoms with Crippen molar-refractivity contribution in [3.05, 3.63) is 90.9 Å². The standard InChI is InChI=1S/C24H17N5O2/c30-22-7-2-1-6-19(22)24(31)27-18-5-3-4-17(14-18)21-10-13-26-23-15-20(28-29(21)23)16-8-11-25-12-9-16/h1-6,8-15H,7H2,(H,27,31). The molecule has 0 bridgehead atoms. The topological polar surface area (TPSA) is 89.2 Å². The normalized spacial score (nSPS) is 13.3. The molecule has 150 valence electrons. The Bertz CT molecular complexity index is 1370. The highest BCUT2D eigenvalue weighted by Crippen LogP contribution is 2.26. The highest BCUT2D eigenvalue weighted by atomic mass is 16.2. The lowest BCUT2D eigenvalue weighted by Crippen LogP contribution is -2.21. The number of allylic oxidation sites excluding steroid dienone is 3. The third kappa shape index (κ3) is 3.64. The Kier molecular flexibility index (Phi) is 4.68. The SMILES string of the molecule is O=C1CC=CC=C1C(=O)Nc1cccc(-c2ccnc3cc(-c4ccncc4)nn23)c1. The van der Waals surface area contributed by atoms with E-state index in [0.717, 1.165) is 22.5 Å². The molecular weight excluding hydrogens is 390 g/mol. The van der Waals surface area contributed by atoms with E-state index in [-0.39, 0.29) is 17.8 Å². The smallest absolute Gasteiger partial charge is 0.259 e. The van der Waals surface area contributed by atoms with E-state index in [1.54, 1.807) is 47.4 Å². The summed E-state index contributed by atoms with van der Waals surface area (Å²) in [6.07, 6.45) is 10.4. The lowest BCUT2D eigenvalue weighted by atomic mass is 10.0. The predicted molar refractivity (Wildman–Crippen MR) is 117 cm³/mol. The van der Waals surface area contributed by atoms with Crippen LogP contribution < -0.4 is 5.32 Å². The molecule has 0 unspecified atom stereocenters. The van der Waals surface area contributed by atoms with Crippen molar-refractivity contribution in [2.45, 2.75) is 6.42 Å². The van der Waals surface area contributed by atoms with Gasteiger partial charge in [0.25, 0.3) is 5.91 Å². The molecule has 1 N–H and O–H groups in total. The second-order valence-corrected chi connectivity index (χ2v) is 7.04. The maximum Gasteiger partial charge on any atom is 0.259 e. The number of benzene rings is 1. The second kappa shape index (κ2) is 7.79. The molecule has 1 aliphatic carbocycles. The Hall–Kier alpha value is -4.39. The number of pyridine rings is 1. The van der Waals surface area contributed by atoms with E-state index in [0.29, 0.717) is 11.3 Å². The van der Waals surface area contributed by atoms with Crippen molar-refractivity contribution < 1.29 is 9.59 Å². The van der Waals surface area contributed by atoms with Gasteiger partial charge in [-0.15, -0.1) is 0 Å². The molecule has 3 aromatic heterocycles. The van der Waals surface area contributed by atoms with E-state index >= 15 is 0 Å². The van der Waals surface area contributed by atoms with Gasteiger partial charge in [-0.25, -0.2) is 9.50 Å². The van der Waals surface area contributed by atoms with Gasteiger partial charge in [-0.1, -0.05) is 24.3 Å². The molecule has 7 heteroatoms. The molecule has 4 aromatic rings. The number of fused-ring (bicyclic) bond motifs is 1. The number of ketones is 1. The van der Waals surface area contributed by atoms with E-state index in [9.17, 15) is 9.59 Å². The number of hydrogen-bond donors (Lipinski definition) is 1. The molecule has 0 aliphatic heterocycles. The number of hydrogen-bond acceptors (Lipinski definition) is 5. The lowest BCUT2D eigenvalue weighted by molar-refractivity contribution is -0.119. The number of anilines is 1. The fraction of sp³-hybridized carbons (Fsp3) is 0.0417. The Morgan fingerprint density at radius 2 is 1.87 bits per heavy atom. The van der Waals surface area contributed by atoms with E-state index in [4.69, 9.17) is 5.10 Å². The quantitative estimate of drug-likeness (QED) is 0.519. The van der Waals surface area contributed by atoms with Crippen LogP contribution in [0.1, 0.15) is 6.42 Å². The number of nitrogens with one attached hydrogen (secondary N) is 1. The van der Waals surface area contributed by atoms with E-state index < -0.39 is 5.91 Å². The number of amides is 1. The van der Waals surface area contributed by atoms with Crippen molar-refractivity contribution in [1.29, 1.82) is 0 Å². The van der Waals surface area contributed by atoms with Crippen LogP contribution in [0.4, 0.5) is 5.69 Å². The van der Waals surface area contributed by atoms with Crippen molar-refractivity contribution in [3.8, 4) is 22.5 Å². The van der Waals surface area contributed by atoms with Crippen LogP contribution in [0, 0.1) is 0 Å². The lowest BCUT2D eigenvalue weighted by Gasteiger charge is -2.11. The minimum Gasteiger partial charge on any atom is -0.322 e. The minimum atomic E-state index is -0.412. The maximum absolute atomic E-state index is 12.5. The number of carbonyl (C=O) groups excluding carboxylic acids is 2. The van der Waals surface area contributed by atoms with Gasteiger partial charge < -0.3 is 5.32 Å². The summed E-state index contributed by atoms with van der Waals surface area (Å²) in [5, 5.41) is 7.53. The number of aromatic nitrogens is 4. The summed E-state index contributed by atoms with van der Waals surface area (Å²) in [7, 11) is 0. The average molecular weight is 407 g/mol. The maximum atomic E-state index is 12.5. The molecule has 31 heavy (non-hydrogen) atoms. The molecule has 0 atom stereocenters. The highest BCUT2D eigenvalue weighted by Gasteiger charge is 2.19. The Morgan fingerprint density at radius 3 is 2.71 bits per heavy atom. The van der Waals surface area contributed by atoms with E-state index in [1.807, 2.05) is 42.5 Å². The first-order chi connectivity index (χ1) is 15.2. The van der Waals surface area contributed by atoms with Crippen LogP contribution >= 0.6 is 0 Å². The summed E-state index contributed by atoms with van der Waals surface area (Å²) in [5.41, 5.74) is 4.90. The predicted octanol–water partition coefficient (Wildman–Crippen LogP) is 3.85. The molecule has 0 saturated heterocycles. The van der Waals surface area contributed by atoms with Gasteiger partial charge in [-0.2, -0.15) is 5.10 Å². The van der Waals surface area contributed by atoms with Crippen molar-refractivity contribution in [2.75, 3.05) is 5.32 Å².